The first kappa shape index (κ1) is 29.8. The van der Waals surface area contributed by atoms with E-state index in [1.165, 1.54) is 42.5 Å². The van der Waals surface area contributed by atoms with E-state index in [1.807, 2.05) is 6.07 Å². The highest BCUT2D eigenvalue weighted by Gasteiger charge is 2.41. The molecule has 2 aliphatic rings. The van der Waals surface area contributed by atoms with Gasteiger partial charge in [-0.1, -0.05) is 47.8 Å². The molecule has 1 aromatic heterocycles. The van der Waals surface area contributed by atoms with Crippen molar-refractivity contribution < 1.29 is 23.9 Å². The van der Waals surface area contributed by atoms with Crippen LogP contribution in [0.5, 0.6) is 0 Å². The van der Waals surface area contributed by atoms with Gasteiger partial charge in [0.2, 0.25) is 17.6 Å². The number of fused-ring (bicyclic) bond motifs is 1. The normalized spacial score (nSPS) is 16.8. The number of nitrogens with zero attached hydrogens (tertiary/aromatic N) is 3. The second kappa shape index (κ2) is 13.1. The van der Waals surface area contributed by atoms with Crippen LogP contribution in [-0.4, -0.2) is 40.4 Å². The average molecular weight is 623 g/mol. The number of aromatic nitrogens is 1. The van der Waals surface area contributed by atoms with E-state index in [0.29, 0.717) is 21.3 Å². The van der Waals surface area contributed by atoms with Crippen LogP contribution in [0.25, 0.3) is 0 Å². The summed E-state index contributed by atoms with van der Waals surface area (Å²) in [7, 11) is 0. The van der Waals surface area contributed by atoms with Gasteiger partial charge in [-0.15, -0.1) is 0 Å². The van der Waals surface area contributed by atoms with Crippen molar-refractivity contribution in [3.05, 3.63) is 86.5 Å². The molecule has 2 amide bonds. The highest BCUT2D eigenvalue weighted by molar-refractivity contribution is 8.00. The Hall–Kier alpha value is -3.71. The number of ketones is 1. The molecule has 0 saturated carbocycles. The van der Waals surface area contributed by atoms with Crippen LogP contribution in [0.4, 0.5) is 5.69 Å². The minimum Gasteiger partial charge on any atom is -0.454 e. The molecule has 1 saturated heterocycles. The molecule has 5 rings (SSSR count). The van der Waals surface area contributed by atoms with E-state index in [4.69, 9.17) is 32.9 Å². The van der Waals surface area contributed by atoms with Gasteiger partial charge in [0.1, 0.15) is 11.1 Å². The number of amides is 2. The number of hydrogen-bond donors (Lipinski definition) is 0. The number of thioether (sulfide) groups is 1. The molecule has 1 unspecified atom stereocenters. The van der Waals surface area contributed by atoms with Gasteiger partial charge in [0, 0.05) is 22.7 Å². The SMILES string of the molecule is N#Cc1cc2c(nc1SC1CC(=O)N(c3ccc(C(=O)OCC(=O)c4ccc(Cl)cc4Cl)cc3)C1=O)CCCCCC2. The lowest BCUT2D eigenvalue weighted by molar-refractivity contribution is -0.121. The molecule has 0 radical (unpaired) electrons. The Balaban J connectivity index is 1.24. The molecular formula is C31H25Cl2N3O5S. The Kier molecular flexibility index (Phi) is 9.27. The topological polar surface area (TPSA) is 117 Å². The average Bonchev–Trinajstić information content (AvgIpc) is 3.24. The van der Waals surface area contributed by atoms with Crippen LogP contribution < -0.4 is 4.90 Å². The van der Waals surface area contributed by atoms with Gasteiger partial charge in [-0.25, -0.2) is 14.7 Å². The third-order valence-electron chi connectivity index (χ3n) is 7.17. The summed E-state index contributed by atoms with van der Waals surface area (Å²) in [6.45, 7) is -0.522. The second-order valence-electron chi connectivity index (χ2n) is 10.0. The smallest absolute Gasteiger partial charge is 0.338 e. The van der Waals surface area contributed by atoms with E-state index in [-0.39, 0.29) is 28.5 Å². The number of anilines is 1. The lowest BCUT2D eigenvalue weighted by atomic mass is 9.96. The molecule has 1 atom stereocenters. The van der Waals surface area contributed by atoms with Gasteiger partial charge in [0.05, 0.1) is 27.1 Å². The van der Waals surface area contributed by atoms with Gasteiger partial charge >= 0.3 is 5.97 Å². The van der Waals surface area contributed by atoms with Crippen LogP contribution in [0.3, 0.4) is 0 Å². The van der Waals surface area contributed by atoms with Gasteiger partial charge in [0.15, 0.2) is 6.61 Å². The van der Waals surface area contributed by atoms with Gasteiger partial charge in [0.25, 0.3) is 0 Å². The van der Waals surface area contributed by atoms with Crippen molar-refractivity contribution in [1.29, 1.82) is 5.26 Å². The number of pyridine rings is 1. The summed E-state index contributed by atoms with van der Waals surface area (Å²) in [6.07, 6.45) is 6.06. The van der Waals surface area contributed by atoms with Gasteiger partial charge in [-0.2, -0.15) is 5.26 Å². The number of carbonyl (C=O) groups is 4. The highest BCUT2D eigenvalue weighted by Crippen LogP contribution is 2.36. The molecule has 2 heterocycles. The Labute approximate surface area is 257 Å². The first-order valence-corrected chi connectivity index (χ1v) is 15.1. The monoisotopic (exact) mass is 621 g/mol. The van der Waals surface area contributed by atoms with E-state index in [0.717, 1.165) is 66.4 Å². The highest BCUT2D eigenvalue weighted by atomic mass is 35.5. The maximum Gasteiger partial charge on any atom is 0.338 e. The zero-order valence-corrected chi connectivity index (χ0v) is 24.7. The molecule has 8 nitrogen and oxygen atoms in total. The largest absolute Gasteiger partial charge is 0.454 e. The van der Waals surface area contributed by atoms with Crippen LogP contribution >= 0.6 is 35.0 Å². The lowest BCUT2D eigenvalue weighted by Gasteiger charge is -2.17. The number of Topliss-reactive ketones (excluding diaryl/α,β-unsaturated/α-hetero) is 1. The van der Waals surface area contributed by atoms with Crippen LogP contribution in [-0.2, 0) is 27.2 Å². The first-order chi connectivity index (χ1) is 20.2. The number of nitriles is 1. The quantitative estimate of drug-likeness (QED) is 0.169. The second-order valence-corrected chi connectivity index (χ2v) is 12.1. The molecule has 214 valence electrons. The molecule has 0 bridgehead atoms. The number of ether oxygens (including phenoxy) is 1. The van der Waals surface area contributed by atoms with Crippen LogP contribution in [0.1, 0.15) is 69.6 Å². The van der Waals surface area contributed by atoms with Crippen molar-refractivity contribution in [2.24, 2.45) is 0 Å². The molecule has 11 heteroatoms. The maximum absolute atomic E-state index is 13.3. The van der Waals surface area contributed by atoms with Gasteiger partial charge < -0.3 is 4.74 Å². The predicted octanol–water partition coefficient (Wildman–Crippen LogP) is 6.38. The van der Waals surface area contributed by atoms with Crippen LogP contribution in [0.2, 0.25) is 10.0 Å². The summed E-state index contributed by atoms with van der Waals surface area (Å²) in [5.74, 6) is -2.04. The Morgan fingerprint density at radius 2 is 1.76 bits per heavy atom. The summed E-state index contributed by atoms with van der Waals surface area (Å²) in [5, 5.41) is 10.0. The van der Waals surface area contributed by atoms with Crippen molar-refractivity contribution in [3.8, 4) is 6.07 Å². The van der Waals surface area contributed by atoms with Crippen molar-refractivity contribution in [1.82, 2.24) is 4.98 Å². The number of rotatable bonds is 7. The van der Waals surface area contributed by atoms with E-state index in [9.17, 15) is 24.4 Å². The first-order valence-electron chi connectivity index (χ1n) is 13.5. The number of hydrogen-bond acceptors (Lipinski definition) is 8. The number of aryl methyl sites for hydroxylation is 2. The summed E-state index contributed by atoms with van der Waals surface area (Å²) in [6, 6.07) is 14.3. The fraction of sp³-hybridized carbons (Fsp3) is 0.290. The number of esters is 1. The molecule has 42 heavy (non-hydrogen) atoms. The van der Waals surface area contributed by atoms with Crippen molar-refractivity contribution in [3.63, 3.8) is 0 Å². The van der Waals surface area contributed by atoms with Gasteiger partial charge in [-0.3, -0.25) is 14.4 Å². The molecule has 0 spiro atoms. The molecule has 0 N–H and O–H groups in total. The Bertz CT molecular complexity index is 1620. The Morgan fingerprint density at radius 1 is 1.02 bits per heavy atom. The summed E-state index contributed by atoms with van der Waals surface area (Å²) < 4.78 is 5.13. The Morgan fingerprint density at radius 3 is 2.48 bits per heavy atom. The van der Waals surface area contributed by atoms with E-state index in [1.54, 1.807) is 0 Å². The van der Waals surface area contributed by atoms with E-state index < -0.39 is 29.5 Å². The molecule has 2 aromatic carbocycles. The fourth-order valence-electron chi connectivity index (χ4n) is 4.99. The molecule has 3 aromatic rings. The summed E-state index contributed by atoms with van der Waals surface area (Å²) >= 11 is 13.0. The van der Waals surface area contributed by atoms with Crippen LogP contribution in [0, 0.1) is 11.3 Å². The number of halogens is 2. The van der Waals surface area contributed by atoms with Crippen LogP contribution in [0.15, 0.2) is 53.6 Å². The van der Waals surface area contributed by atoms with E-state index in [2.05, 4.69) is 6.07 Å². The number of benzene rings is 2. The van der Waals surface area contributed by atoms with E-state index >= 15 is 0 Å². The fourth-order valence-corrected chi connectivity index (χ4v) is 6.60. The molecule has 1 fully saturated rings. The summed E-state index contributed by atoms with van der Waals surface area (Å²) in [5.41, 5.74) is 3.09. The number of imide groups is 1. The minimum absolute atomic E-state index is 0.0354. The van der Waals surface area contributed by atoms with Crippen molar-refractivity contribution >= 4 is 64.2 Å². The molecule has 1 aliphatic heterocycles. The third kappa shape index (κ3) is 6.51. The predicted molar refractivity (Wildman–Crippen MR) is 159 cm³/mol. The zero-order valence-electron chi connectivity index (χ0n) is 22.4. The standard InChI is InChI=1S/C31H25Cl2N3O5S/c32-21-9-12-23(24(33)14-21)26(37)17-41-31(40)18-7-10-22(11-8-18)36-28(38)15-27(30(36)39)42-29-20(16-34)13-19-5-3-1-2-4-6-25(19)35-29/h7-14,27H,1-6,15,17H2. The lowest BCUT2D eigenvalue weighted by Crippen LogP contribution is -2.31. The maximum atomic E-state index is 13.3. The van der Waals surface area contributed by atoms with Crippen molar-refractivity contribution in [2.45, 2.75) is 55.2 Å². The number of carbonyl (C=O) groups excluding carboxylic acids is 4. The summed E-state index contributed by atoms with van der Waals surface area (Å²) in [4.78, 5) is 57.0. The zero-order chi connectivity index (χ0) is 29.8. The molecule has 1 aliphatic carbocycles. The molecular weight excluding hydrogens is 597 g/mol. The van der Waals surface area contributed by atoms with Gasteiger partial charge in [-0.05, 0) is 79.8 Å². The third-order valence-corrected chi connectivity index (χ3v) is 8.91. The minimum atomic E-state index is -0.749. The van der Waals surface area contributed by atoms with Crippen molar-refractivity contribution in [2.75, 3.05) is 11.5 Å².